The van der Waals surface area contributed by atoms with Gasteiger partial charge >= 0.3 is 0 Å². The maximum absolute atomic E-state index is 15.0. The fourth-order valence-corrected chi connectivity index (χ4v) is 11.7. The quantitative estimate of drug-likeness (QED) is 0.140. The van der Waals surface area contributed by atoms with Crippen LogP contribution in [0.2, 0.25) is 0 Å². The molecule has 2 atom stereocenters. The third kappa shape index (κ3) is 5.86. The van der Waals surface area contributed by atoms with Gasteiger partial charge in [0.15, 0.2) is 0 Å². The van der Waals surface area contributed by atoms with Crippen molar-refractivity contribution in [3.05, 3.63) is 154 Å². The van der Waals surface area contributed by atoms with Crippen molar-refractivity contribution >= 4 is 44.5 Å². The van der Waals surface area contributed by atoms with Crippen molar-refractivity contribution in [3.63, 3.8) is 0 Å². The van der Waals surface area contributed by atoms with Gasteiger partial charge in [-0.15, -0.1) is 11.3 Å². The average Bonchev–Trinajstić information content (AvgIpc) is 3.80. The average molecular weight is 720 g/mol. The molecule has 9 rings (SSSR count). The second-order valence-electron chi connectivity index (χ2n) is 14.3. The number of thioether (sulfide) groups is 1. The predicted octanol–water partition coefficient (Wildman–Crippen LogP) is 11.1. The number of allylic oxidation sites excluding steroid dienone is 3. The lowest BCUT2D eigenvalue weighted by Gasteiger charge is -2.29. The van der Waals surface area contributed by atoms with Crippen LogP contribution in [0.1, 0.15) is 66.4 Å². The van der Waals surface area contributed by atoms with Gasteiger partial charge < -0.3 is 10.0 Å². The molecule has 0 saturated carbocycles. The molecule has 0 unspecified atom stereocenters. The Kier molecular flexibility index (Phi) is 9.20. The largest absolute Gasteiger partial charge is 0.506 e. The number of hydrogen-bond acceptors (Lipinski definition) is 5. The molecule has 5 aromatic rings. The van der Waals surface area contributed by atoms with Gasteiger partial charge in [-0.25, -0.2) is 4.58 Å². The van der Waals surface area contributed by atoms with E-state index < -0.39 is 0 Å². The van der Waals surface area contributed by atoms with Gasteiger partial charge in [0, 0.05) is 47.9 Å². The molecule has 4 heterocycles. The first-order valence-corrected chi connectivity index (χ1v) is 20.5. The minimum Gasteiger partial charge on any atom is -0.506 e. The lowest BCUT2D eigenvalue weighted by molar-refractivity contribution is -0.536. The molecule has 0 bridgehead atoms. The van der Waals surface area contributed by atoms with E-state index in [-0.39, 0.29) is 23.4 Å². The van der Waals surface area contributed by atoms with Gasteiger partial charge in [-0.2, -0.15) is 0 Å². The number of thiophene rings is 1. The summed E-state index contributed by atoms with van der Waals surface area (Å²) in [6.07, 6.45) is 7.14. The Morgan fingerprint density at radius 1 is 0.596 bits per heavy atom. The van der Waals surface area contributed by atoms with Crippen molar-refractivity contribution in [1.29, 1.82) is 0 Å². The molecule has 0 radical (unpaired) electrons. The van der Waals surface area contributed by atoms with Gasteiger partial charge in [-0.05, 0) is 59.7 Å². The monoisotopic (exact) mass is 719 g/mol. The van der Waals surface area contributed by atoms with E-state index in [0.29, 0.717) is 11.1 Å². The highest BCUT2D eigenvalue weighted by Gasteiger charge is 2.51. The van der Waals surface area contributed by atoms with Crippen LogP contribution in [-0.4, -0.2) is 46.7 Å². The highest BCUT2D eigenvalue weighted by Crippen LogP contribution is 2.60. The Balaban J connectivity index is 1.27. The van der Waals surface area contributed by atoms with E-state index in [2.05, 4.69) is 125 Å². The van der Waals surface area contributed by atoms with E-state index in [4.69, 9.17) is 0 Å². The van der Waals surface area contributed by atoms with Gasteiger partial charge in [-0.3, -0.25) is 4.79 Å². The number of carbonyl (C=O) groups excluding carboxylic acids is 1. The van der Waals surface area contributed by atoms with Crippen LogP contribution in [0, 0.1) is 0 Å². The second kappa shape index (κ2) is 14.4. The zero-order valence-corrected chi connectivity index (χ0v) is 31.0. The van der Waals surface area contributed by atoms with E-state index in [1.807, 2.05) is 6.07 Å². The van der Waals surface area contributed by atoms with Crippen LogP contribution in [0.3, 0.4) is 0 Å². The molecule has 1 aromatic heterocycles. The molecule has 4 aliphatic rings. The minimum absolute atomic E-state index is 0.0455. The Hall–Kier alpha value is -4.65. The molecule has 6 heteroatoms. The summed E-state index contributed by atoms with van der Waals surface area (Å²) in [5.41, 5.74) is 7.77. The van der Waals surface area contributed by atoms with Gasteiger partial charge in [0.25, 0.3) is 0 Å². The fourth-order valence-electron chi connectivity index (χ4n) is 8.62. The number of Topliss-reactive ketones (excluding diaryl/α,β-unsaturated/α-hetero) is 1. The molecule has 0 spiro atoms. The summed E-state index contributed by atoms with van der Waals surface area (Å²) in [5.74, 6) is 0.0870. The summed E-state index contributed by atoms with van der Waals surface area (Å²) in [4.78, 5) is 19.3. The van der Waals surface area contributed by atoms with Crippen LogP contribution in [0.5, 0.6) is 0 Å². The molecule has 4 nitrogen and oxygen atoms in total. The van der Waals surface area contributed by atoms with Crippen LogP contribution in [0.25, 0.3) is 27.8 Å². The number of piperidine rings is 2. The topological polar surface area (TPSA) is 43.6 Å². The van der Waals surface area contributed by atoms with Crippen LogP contribution in [0.15, 0.2) is 138 Å². The molecule has 1 aliphatic carbocycles. The van der Waals surface area contributed by atoms with Gasteiger partial charge in [0.1, 0.15) is 23.8 Å². The molecule has 3 aliphatic heterocycles. The Bertz CT molecular complexity index is 2190. The third-order valence-electron chi connectivity index (χ3n) is 11.1. The van der Waals surface area contributed by atoms with Crippen LogP contribution in [0.4, 0.5) is 5.00 Å². The van der Waals surface area contributed by atoms with Crippen molar-refractivity contribution in [2.45, 2.75) is 50.4 Å². The molecule has 1 N–H and O–H groups in total. The number of anilines is 1. The van der Waals surface area contributed by atoms with E-state index in [1.54, 1.807) is 23.1 Å². The fraction of sp³-hybridized carbons (Fsp3) is 0.261. The van der Waals surface area contributed by atoms with Crippen molar-refractivity contribution in [1.82, 2.24) is 0 Å². The first-order chi connectivity index (χ1) is 25.7. The normalized spacial score (nSPS) is 22.2. The van der Waals surface area contributed by atoms with Gasteiger partial charge in [0.05, 0.1) is 21.9 Å². The van der Waals surface area contributed by atoms with Gasteiger partial charge in [0.2, 0.25) is 10.8 Å². The SMILES string of the molecule is O=C1C(c2sc(N3CCCCC3)c(-c3ccccc3)c2-c2ccccc2)=C(O)/C1=C1/SC(=[N+]2CCCCC2)[C@@H](c2ccccc2)[C@@H]1c1ccccc1. The van der Waals surface area contributed by atoms with Crippen molar-refractivity contribution in [2.24, 2.45) is 0 Å². The smallest absolute Gasteiger partial charge is 0.223 e. The van der Waals surface area contributed by atoms with E-state index >= 15 is 0 Å². The number of aliphatic hydroxyl groups excluding tert-OH is 1. The lowest BCUT2D eigenvalue weighted by Crippen LogP contribution is -2.29. The standard InChI is InChI=1S/C46H42N2O2S2/c49-41-39(43-35(31-19-7-1-8-20-31)37(33-23-11-3-12-24-33)45(51-43)47-27-15-5-16-28-47)42(50)40(41)44-36(32-21-9-2-10-22-32)38(34-25-13-4-14-26-34)46(52-44)48-29-17-6-18-30-48/h1-4,7-14,19-26,35,37H,5-6,15-18,27-30H2/p+1/t35-,37-/m0/s1. The van der Waals surface area contributed by atoms with Crippen LogP contribution in [-0.2, 0) is 4.79 Å². The number of benzene rings is 4. The van der Waals surface area contributed by atoms with E-state index in [1.165, 1.54) is 46.9 Å². The molecular weight excluding hydrogens is 677 g/mol. The number of aliphatic hydroxyl groups is 1. The van der Waals surface area contributed by atoms with Crippen molar-refractivity contribution in [2.75, 3.05) is 31.1 Å². The van der Waals surface area contributed by atoms with Gasteiger partial charge in [-0.1, -0.05) is 121 Å². The number of nitrogens with zero attached hydrogens (tertiary/aromatic N) is 2. The molecule has 52 heavy (non-hydrogen) atoms. The zero-order valence-electron chi connectivity index (χ0n) is 29.3. The lowest BCUT2D eigenvalue weighted by atomic mass is 9.76. The molecule has 0 amide bonds. The summed E-state index contributed by atoms with van der Waals surface area (Å²) in [6, 6.07) is 42.5. The predicted molar refractivity (Wildman–Crippen MR) is 218 cm³/mol. The minimum atomic E-state index is -0.0751. The third-order valence-corrected chi connectivity index (χ3v) is 13.8. The first-order valence-electron chi connectivity index (χ1n) is 18.8. The number of carbonyl (C=O) groups is 1. The molecule has 260 valence electrons. The Morgan fingerprint density at radius 2 is 1.12 bits per heavy atom. The maximum atomic E-state index is 15.0. The zero-order chi connectivity index (χ0) is 35.0. The molecule has 3 saturated heterocycles. The summed E-state index contributed by atoms with van der Waals surface area (Å²) >= 11 is 3.42. The number of hydrogen-bond donors (Lipinski definition) is 1. The Morgan fingerprint density at radius 3 is 1.69 bits per heavy atom. The highest BCUT2D eigenvalue weighted by molar-refractivity contribution is 8.17. The summed E-state index contributed by atoms with van der Waals surface area (Å²) in [6.45, 7) is 4.03. The number of rotatable bonds is 6. The van der Waals surface area contributed by atoms with E-state index in [9.17, 15) is 9.90 Å². The van der Waals surface area contributed by atoms with Crippen molar-refractivity contribution < 1.29 is 14.5 Å². The van der Waals surface area contributed by atoms with Crippen LogP contribution >= 0.6 is 23.1 Å². The Labute approximate surface area is 314 Å². The highest BCUT2D eigenvalue weighted by atomic mass is 32.2. The van der Waals surface area contributed by atoms with Crippen LogP contribution < -0.4 is 4.90 Å². The number of ketones is 1. The summed E-state index contributed by atoms with van der Waals surface area (Å²) < 4.78 is 2.56. The molecular formula is C46H43N2O2S2+. The van der Waals surface area contributed by atoms with E-state index in [0.717, 1.165) is 71.1 Å². The van der Waals surface area contributed by atoms with Crippen molar-refractivity contribution in [3.8, 4) is 22.3 Å². The maximum Gasteiger partial charge on any atom is 0.223 e. The molecule has 3 fully saturated rings. The second-order valence-corrected chi connectivity index (χ2v) is 16.4. The summed E-state index contributed by atoms with van der Waals surface area (Å²) in [5, 5.41) is 14.9. The summed E-state index contributed by atoms with van der Waals surface area (Å²) in [7, 11) is 0. The first kappa shape index (κ1) is 33.2. The molecule has 4 aromatic carbocycles.